The van der Waals surface area contributed by atoms with Crippen LogP contribution in [-0.2, 0) is 17.9 Å². The topological polar surface area (TPSA) is 21.3 Å². The Kier molecular flexibility index (Phi) is 5.74. The average Bonchev–Trinajstić information content (AvgIpc) is 2.27. The van der Waals surface area contributed by atoms with Crippen molar-refractivity contribution in [1.82, 2.24) is 5.32 Å². The molecule has 1 aromatic rings. The zero-order valence-corrected chi connectivity index (χ0v) is 9.33. The van der Waals surface area contributed by atoms with Crippen LogP contribution in [-0.4, -0.2) is 13.2 Å². The first-order chi connectivity index (χ1) is 7.36. The number of benzene rings is 1. The molecule has 0 bridgehead atoms. The lowest BCUT2D eigenvalue weighted by Gasteiger charge is -2.05. The molecule has 15 heavy (non-hydrogen) atoms. The molecule has 1 rings (SSSR count). The maximum absolute atomic E-state index is 5.39. The highest BCUT2D eigenvalue weighted by Gasteiger charge is 1.95. The lowest BCUT2D eigenvalue weighted by Crippen LogP contribution is -2.11. The third-order valence-electron chi connectivity index (χ3n) is 2.07. The van der Waals surface area contributed by atoms with Crippen LogP contribution in [0, 0.1) is 0 Å². The summed E-state index contributed by atoms with van der Waals surface area (Å²) >= 11 is 0. The predicted octanol–water partition coefficient (Wildman–Crippen LogP) is 2.50. The minimum atomic E-state index is 0.609. The van der Waals surface area contributed by atoms with Crippen molar-refractivity contribution in [3.8, 4) is 0 Å². The van der Waals surface area contributed by atoms with Crippen LogP contribution in [0.2, 0.25) is 0 Å². The fourth-order valence-electron chi connectivity index (χ4n) is 1.36. The fourth-order valence-corrected chi connectivity index (χ4v) is 1.36. The summed E-state index contributed by atoms with van der Waals surface area (Å²) in [6.45, 7) is 8.91. The Balaban J connectivity index is 2.46. The molecule has 1 aromatic carbocycles. The van der Waals surface area contributed by atoms with Gasteiger partial charge in [-0.2, -0.15) is 0 Å². The SMILES string of the molecule is C=CCOCc1cccc(CNCC)c1. The standard InChI is InChI=1S/C13H19NO/c1-3-8-15-11-13-7-5-6-12(9-13)10-14-4-2/h3,5-7,9,14H,1,4,8,10-11H2,2H3. The molecule has 82 valence electrons. The number of ether oxygens (including phenoxy) is 1. The van der Waals surface area contributed by atoms with E-state index < -0.39 is 0 Å². The molecule has 1 N–H and O–H groups in total. The highest BCUT2D eigenvalue weighted by Crippen LogP contribution is 2.06. The molecule has 0 atom stereocenters. The van der Waals surface area contributed by atoms with E-state index in [-0.39, 0.29) is 0 Å². The summed E-state index contributed by atoms with van der Waals surface area (Å²) in [6.07, 6.45) is 1.77. The highest BCUT2D eigenvalue weighted by atomic mass is 16.5. The molecule has 0 saturated heterocycles. The smallest absolute Gasteiger partial charge is 0.0721 e. The van der Waals surface area contributed by atoms with Gasteiger partial charge in [-0.3, -0.25) is 0 Å². The molecule has 2 heteroatoms. The van der Waals surface area contributed by atoms with Crippen LogP contribution < -0.4 is 5.32 Å². The van der Waals surface area contributed by atoms with Crippen LogP contribution in [0.1, 0.15) is 18.1 Å². The first kappa shape index (κ1) is 12.0. The summed E-state index contributed by atoms with van der Waals surface area (Å²) in [5, 5.41) is 3.30. The van der Waals surface area contributed by atoms with Gasteiger partial charge in [-0.1, -0.05) is 37.3 Å². The van der Waals surface area contributed by atoms with E-state index in [1.165, 1.54) is 11.1 Å². The molecule has 0 radical (unpaired) electrons. The van der Waals surface area contributed by atoms with Gasteiger partial charge in [0.1, 0.15) is 0 Å². The zero-order chi connectivity index (χ0) is 10.9. The van der Waals surface area contributed by atoms with E-state index in [2.05, 4.69) is 43.1 Å². The first-order valence-electron chi connectivity index (χ1n) is 5.34. The molecule has 0 amide bonds. The summed E-state index contributed by atoms with van der Waals surface area (Å²) in [5.74, 6) is 0. The summed E-state index contributed by atoms with van der Waals surface area (Å²) < 4.78 is 5.39. The summed E-state index contributed by atoms with van der Waals surface area (Å²) in [6, 6.07) is 8.45. The van der Waals surface area contributed by atoms with Crippen molar-refractivity contribution in [1.29, 1.82) is 0 Å². The van der Waals surface area contributed by atoms with Gasteiger partial charge in [0.05, 0.1) is 13.2 Å². The molecule has 2 nitrogen and oxygen atoms in total. The molecule has 0 aromatic heterocycles. The van der Waals surface area contributed by atoms with Crippen molar-refractivity contribution < 1.29 is 4.74 Å². The van der Waals surface area contributed by atoms with Crippen molar-refractivity contribution in [2.45, 2.75) is 20.1 Å². The van der Waals surface area contributed by atoms with Gasteiger partial charge in [-0.05, 0) is 17.7 Å². The molecule has 0 aliphatic rings. The molecular weight excluding hydrogens is 186 g/mol. The molecule has 0 spiro atoms. The van der Waals surface area contributed by atoms with Gasteiger partial charge in [-0.15, -0.1) is 6.58 Å². The van der Waals surface area contributed by atoms with Crippen LogP contribution in [0.5, 0.6) is 0 Å². The van der Waals surface area contributed by atoms with E-state index in [1.807, 2.05) is 0 Å². The molecule has 0 heterocycles. The highest BCUT2D eigenvalue weighted by molar-refractivity contribution is 5.22. The van der Waals surface area contributed by atoms with Gasteiger partial charge in [0.15, 0.2) is 0 Å². The van der Waals surface area contributed by atoms with E-state index in [9.17, 15) is 0 Å². The Bertz CT molecular complexity index is 296. The number of rotatable bonds is 7. The van der Waals surface area contributed by atoms with Crippen molar-refractivity contribution >= 4 is 0 Å². The molecular formula is C13H19NO. The zero-order valence-electron chi connectivity index (χ0n) is 9.33. The first-order valence-corrected chi connectivity index (χ1v) is 5.34. The van der Waals surface area contributed by atoms with Gasteiger partial charge in [0, 0.05) is 6.54 Å². The quantitative estimate of drug-likeness (QED) is 0.545. The van der Waals surface area contributed by atoms with Crippen molar-refractivity contribution in [2.75, 3.05) is 13.2 Å². The Morgan fingerprint density at radius 2 is 2.20 bits per heavy atom. The van der Waals surface area contributed by atoms with Crippen molar-refractivity contribution in [3.05, 3.63) is 48.0 Å². The monoisotopic (exact) mass is 205 g/mol. The minimum Gasteiger partial charge on any atom is -0.373 e. The van der Waals surface area contributed by atoms with Gasteiger partial charge in [0.2, 0.25) is 0 Å². The lowest BCUT2D eigenvalue weighted by atomic mass is 10.1. The van der Waals surface area contributed by atoms with Crippen LogP contribution in [0.4, 0.5) is 0 Å². The van der Waals surface area contributed by atoms with E-state index >= 15 is 0 Å². The van der Waals surface area contributed by atoms with Crippen LogP contribution in [0.3, 0.4) is 0 Å². The number of hydrogen-bond acceptors (Lipinski definition) is 2. The van der Waals surface area contributed by atoms with Crippen LogP contribution in [0.15, 0.2) is 36.9 Å². The largest absolute Gasteiger partial charge is 0.373 e. The van der Waals surface area contributed by atoms with E-state index in [4.69, 9.17) is 4.74 Å². The third-order valence-corrected chi connectivity index (χ3v) is 2.07. The fraction of sp³-hybridized carbons (Fsp3) is 0.385. The average molecular weight is 205 g/mol. The van der Waals surface area contributed by atoms with Gasteiger partial charge >= 0.3 is 0 Å². The number of nitrogens with one attached hydrogen (secondary N) is 1. The second-order valence-electron chi connectivity index (χ2n) is 3.40. The Hall–Kier alpha value is -1.12. The second-order valence-corrected chi connectivity index (χ2v) is 3.40. The van der Waals surface area contributed by atoms with E-state index in [0.717, 1.165) is 13.1 Å². The molecule has 0 fully saturated rings. The third kappa shape index (κ3) is 4.77. The van der Waals surface area contributed by atoms with Gasteiger partial charge < -0.3 is 10.1 Å². The lowest BCUT2D eigenvalue weighted by molar-refractivity contribution is 0.149. The molecule has 0 unspecified atom stereocenters. The van der Waals surface area contributed by atoms with Gasteiger partial charge in [0.25, 0.3) is 0 Å². The Morgan fingerprint density at radius 1 is 1.40 bits per heavy atom. The predicted molar refractivity (Wildman–Crippen MR) is 63.7 cm³/mol. The normalized spacial score (nSPS) is 10.2. The van der Waals surface area contributed by atoms with E-state index in [0.29, 0.717) is 13.2 Å². The van der Waals surface area contributed by atoms with Crippen molar-refractivity contribution in [3.63, 3.8) is 0 Å². The summed E-state index contributed by atoms with van der Waals surface area (Å²) in [7, 11) is 0. The van der Waals surface area contributed by atoms with Crippen molar-refractivity contribution in [2.24, 2.45) is 0 Å². The summed E-state index contributed by atoms with van der Waals surface area (Å²) in [5.41, 5.74) is 2.52. The maximum atomic E-state index is 5.39. The second kappa shape index (κ2) is 7.21. The molecule has 0 aliphatic carbocycles. The van der Waals surface area contributed by atoms with Crippen LogP contribution >= 0.6 is 0 Å². The molecule has 0 saturated carbocycles. The maximum Gasteiger partial charge on any atom is 0.0721 e. The molecule has 0 aliphatic heterocycles. The Labute approximate surface area is 92.0 Å². The van der Waals surface area contributed by atoms with E-state index in [1.54, 1.807) is 6.08 Å². The summed E-state index contributed by atoms with van der Waals surface area (Å²) in [4.78, 5) is 0. The van der Waals surface area contributed by atoms with Crippen LogP contribution in [0.25, 0.3) is 0 Å². The van der Waals surface area contributed by atoms with Gasteiger partial charge in [-0.25, -0.2) is 0 Å². The number of hydrogen-bond donors (Lipinski definition) is 1. The minimum absolute atomic E-state index is 0.609. The Morgan fingerprint density at radius 3 is 2.93 bits per heavy atom.